The molecule has 0 aromatic heterocycles. The average Bonchev–Trinajstić information content (AvgIpc) is 2.53. The molecule has 4 atom stereocenters. The van der Waals surface area contributed by atoms with Crippen LogP contribution in [0.3, 0.4) is 0 Å². The first-order chi connectivity index (χ1) is 9.69. The van der Waals surface area contributed by atoms with E-state index < -0.39 is 10.8 Å². The highest BCUT2D eigenvalue weighted by molar-refractivity contribution is 7.85. The van der Waals surface area contributed by atoms with E-state index >= 15 is 0 Å². The van der Waals surface area contributed by atoms with Crippen molar-refractivity contribution in [3.05, 3.63) is 24.3 Å². The van der Waals surface area contributed by atoms with E-state index in [4.69, 9.17) is 10.5 Å². The highest BCUT2D eigenvalue weighted by Gasteiger charge is 2.33. The molecule has 0 saturated heterocycles. The monoisotopic (exact) mass is 295 g/mol. The third-order valence-electron chi connectivity index (χ3n) is 4.48. The quantitative estimate of drug-likeness (QED) is 0.908. The molecule has 4 heteroatoms. The topological polar surface area (TPSA) is 52.3 Å². The van der Waals surface area contributed by atoms with Gasteiger partial charge in [0.05, 0.1) is 17.9 Å². The largest absolute Gasteiger partial charge is 0.497 e. The Hall–Kier alpha value is -0.870. The van der Waals surface area contributed by atoms with Gasteiger partial charge in [-0.25, -0.2) is 0 Å². The Balaban J connectivity index is 2.15. The fourth-order valence-electron chi connectivity index (χ4n) is 3.06. The third kappa shape index (κ3) is 3.41. The Kier molecular flexibility index (Phi) is 5.61. The first-order valence-electron chi connectivity index (χ1n) is 7.44. The van der Waals surface area contributed by atoms with E-state index in [1.807, 2.05) is 24.3 Å². The lowest BCUT2D eigenvalue weighted by Crippen LogP contribution is -2.37. The molecule has 4 unspecified atom stereocenters. The predicted octanol–water partition coefficient (Wildman–Crippen LogP) is 2.96. The molecule has 3 nitrogen and oxygen atoms in total. The van der Waals surface area contributed by atoms with Crippen molar-refractivity contribution in [2.75, 3.05) is 13.7 Å². The first-order valence-corrected chi connectivity index (χ1v) is 8.65. The zero-order valence-corrected chi connectivity index (χ0v) is 13.2. The van der Waals surface area contributed by atoms with Gasteiger partial charge in [-0.15, -0.1) is 0 Å². The zero-order valence-electron chi connectivity index (χ0n) is 12.4. The van der Waals surface area contributed by atoms with Crippen LogP contribution in [0.25, 0.3) is 0 Å². The Bertz CT molecular complexity index is 446. The second-order valence-corrected chi connectivity index (χ2v) is 7.27. The second kappa shape index (κ2) is 7.23. The highest BCUT2D eigenvalue weighted by Crippen LogP contribution is 2.35. The molecule has 1 saturated carbocycles. The number of nitrogens with two attached hydrogens (primary N) is 1. The molecule has 0 heterocycles. The fraction of sp³-hybridized carbons (Fsp3) is 0.625. The molecule has 0 bridgehead atoms. The van der Waals surface area contributed by atoms with Crippen molar-refractivity contribution in [1.29, 1.82) is 0 Å². The summed E-state index contributed by atoms with van der Waals surface area (Å²) in [7, 11) is 0.674. The molecule has 1 aromatic carbocycles. The molecule has 0 spiro atoms. The standard InChI is InChI=1S/C16H25NO2S/c1-3-12-4-5-13(11-17)16(10-12)20(18)15-8-6-14(19-2)7-9-15/h6-9,12-13,16H,3-5,10-11,17H2,1-2H3. The lowest BCUT2D eigenvalue weighted by atomic mass is 9.80. The molecule has 1 aliphatic carbocycles. The fourth-order valence-corrected chi connectivity index (χ4v) is 4.86. The van der Waals surface area contributed by atoms with Gasteiger partial charge in [-0.3, -0.25) is 4.21 Å². The van der Waals surface area contributed by atoms with Gasteiger partial charge in [0, 0.05) is 10.1 Å². The lowest BCUT2D eigenvalue weighted by Gasteiger charge is -2.34. The summed E-state index contributed by atoms with van der Waals surface area (Å²) in [4.78, 5) is 0.894. The number of ether oxygens (including phenoxy) is 1. The van der Waals surface area contributed by atoms with E-state index in [-0.39, 0.29) is 5.25 Å². The Labute approximate surface area is 124 Å². The third-order valence-corrected chi connectivity index (χ3v) is 6.35. The van der Waals surface area contributed by atoms with Gasteiger partial charge in [0.1, 0.15) is 5.75 Å². The number of benzene rings is 1. The molecule has 0 radical (unpaired) electrons. The number of methoxy groups -OCH3 is 1. The molecule has 2 N–H and O–H groups in total. The maximum absolute atomic E-state index is 12.8. The van der Waals surface area contributed by atoms with Gasteiger partial charge in [0.2, 0.25) is 0 Å². The maximum Gasteiger partial charge on any atom is 0.118 e. The summed E-state index contributed by atoms with van der Waals surface area (Å²) in [5, 5.41) is 0.201. The molecule has 1 fully saturated rings. The number of hydrogen-bond donors (Lipinski definition) is 1. The molecule has 112 valence electrons. The van der Waals surface area contributed by atoms with Crippen LogP contribution >= 0.6 is 0 Å². The molecular formula is C16H25NO2S. The lowest BCUT2D eigenvalue weighted by molar-refractivity contribution is 0.280. The molecule has 1 aromatic rings. The van der Waals surface area contributed by atoms with Crippen LogP contribution in [0.2, 0.25) is 0 Å². The van der Waals surface area contributed by atoms with Crippen molar-refractivity contribution in [2.24, 2.45) is 17.6 Å². The van der Waals surface area contributed by atoms with Crippen LogP contribution in [0, 0.1) is 11.8 Å². The molecule has 1 aliphatic rings. The van der Waals surface area contributed by atoms with E-state index in [9.17, 15) is 4.21 Å². The Morgan fingerprint density at radius 1 is 1.30 bits per heavy atom. The highest BCUT2D eigenvalue weighted by atomic mass is 32.2. The summed E-state index contributed by atoms with van der Waals surface area (Å²) in [6, 6.07) is 7.59. The average molecular weight is 295 g/mol. The number of rotatable bonds is 5. The van der Waals surface area contributed by atoms with Gasteiger partial charge >= 0.3 is 0 Å². The van der Waals surface area contributed by atoms with Crippen LogP contribution in [0.1, 0.15) is 32.6 Å². The van der Waals surface area contributed by atoms with E-state index in [1.165, 1.54) is 12.8 Å². The summed E-state index contributed by atoms with van der Waals surface area (Å²) in [6.45, 7) is 2.86. The van der Waals surface area contributed by atoms with Gasteiger partial charge in [-0.05, 0) is 55.5 Å². The minimum atomic E-state index is -0.968. The van der Waals surface area contributed by atoms with Crippen molar-refractivity contribution in [3.8, 4) is 5.75 Å². The minimum absolute atomic E-state index is 0.201. The van der Waals surface area contributed by atoms with Crippen molar-refractivity contribution < 1.29 is 8.95 Å². The van der Waals surface area contributed by atoms with Gasteiger partial charge < -0.3 is 10.5 Å². The van der Waals surface area contributed by atoms with Crippen molar-refractivity contribution in [3.63, 3.8) is 0 Å². The van der Waals surface area contributed by atoms with Gasteiger partial charge in [-0.1, -0.05) is 19.8 Å². The van der Waals surface area contributed by atoms with Crippen LogP contribution in [0.4, 0.5) is 0 Å². The minimum Gasteiger partial charge on any atom is -0.497 e. The van der Waals surface area contributed by atoms with Crippen LogP contribution in [0.15, 0.2) is 29.2 Å². The summed E-state index contributed by atoms with van der Waals surface area (Å²) in [6.07, 6.45) is 4.56. The first kappa shape index (κ1) is 15.5. The Morgan fingerprint density at radius 3 is 2.55 bits per heavy atom. The summed E-state index contributed by atoms with van der Waals surface area (Å²) in [5.41, 5.74) is 5.89. The van der Waals surface area contributed by atoms with Gasteiger partial charge in [0.25, 0.3) is 0 Å². The molecule has 20 heavy (non-hydrogen) atoms. The summed E-state index contributed by atoms with van der Waals surface area (Å²) >= 11 is 0. The molecule has 2 rings (SSSR count). The maximum atomic E-state index is 12.8. The normalized spacial score (nSPS) is 28.1. The SMILES string of the molecule is CCC1CCC(CN)C(S(=O)c2ccc(OC)cc2)C1. The van der Waals surface area contributed by atoms with Crippen molar-refractivity contribution in [2.45, 2.75) is 42.8 Å². The van der Waals surface area contributed by atoms with E-state index in [2.05, 4.69) is 6.92 Å². The van der Waals surface area contributed by atoms with Crippen LogP contribution in [-0.4, -0.2) is 23.1 Å². The molecular weight excluding hydrogens is 270 g/mol. The van der Waals surface area contributed by atoms with Crippen LogP contribution < -0.4 is 10.5 Å². The van der Waals surface area contributed by atoms with Crippen molar-refractivity contribution >= 4 is 10.8 Å². The van der Waals surface area contributed by atoms with Crippen molar-refractivity contribution in [1.82, 2.24) is 0 Å². The van der Waals surface area contributed by atoms with Gasteiger partial charge in [-0.2, -0.15) is 0 Å². The van der Waals surface area contributed by atoms with E-state index in [1.54, 1.807) is 7.11 Å². The number of hydrogen-bond acceptors (Lipinski definition) is 3. The Morgan fingerprint density at radius 2 is 2.00 bits per heavy atom. The predicted molar refractivity (Wildman–Crippen MR) is 83.4 cm³/mol. The molecule has 0 aliphatic heterocycles. The second-order valence-electron chi connectivity index (χ2n) is 5.59. The van der Waals surface area contributed by atoms with Crippen LogP contribution in [-0.2, 0) is 10.8 Å². The summed E-state index contributed by atoms with van der Waals surface area (Å²) < 4.78 is 18.0. The van der Waals surface area contributed by atoms with E-state index in [0.29, 0.717) is 18.4 Å². The summed E-state index contributed by atoms with van der Waals surface area (Å²) in [5.74, 6) is 1.89. The molecule has 0 amide bonds. The van der Waals surface area contributed by atoms with E-state index in [0.717, 1.165) is 23.5 Å². The smallest absolute Gasteiger partial charge is 0.118 e. The van der Waals surface area contributed by atoms with Gasteiger partial charge in [0.15, 0.2) is 0 Å². The van der Waals surface area contributed by atoms with Crippen LogP contribution in [0.5, 0.6) is 5.75 Å². The zero-order chi connectivity index (χ0) is 14.5.